The van der Waals surface area contributed by atoms with Crippen molar-refractivity contribution in [3.05, 3.63) is 48.5 Å². The number of benzene rings is 2. The summed E-state index contributed by atoms with van der Waals surface area (Å²) in [4.78, 5) is 1.08. The van der Waals surface area contributed by atoms with Gasteiger partial charge in [0, 0.05) is 10.6 Å². The highest BCUT2D eigenvalue weighted by Crippen LogP contribution is 2.25. The zero-order valence-electron chi connectivity index (χ0n) is 11.7. The summed E-state index contributed by atoms with van der Waals surface area (Å²) >= 11 is 6.86. The van der Waals surface area contributed by atoms with Gasteiger partial charge in [-0.15, -0.1) is 11.8 Å². The third-order valence-corrected chi connectivity index (χ3v) is 3.69. The number of alkyl halides is 2. The molecule has 0 bridgehead atoms. The fourth-order valence-electron chi connectivity index (χ4n) is 1.75. The van der Waals surface area contributed by atoms with Gasteiger partial charge < -0.3 is 15.4 Å². The van der Waals surface area contributed by atoms with Crippen molar-refractivity contribution in [1.29, 1.82) is 0 Å². The lowest BCUT2D eigenvalue weighted by Crippen LogP contribution is -2.19. The second-order valence-corrected chi connectivity index (χ2v) is 5.44. The van der Waals surface area contributed by atoms with Crippen LogP contribution < -0.4 is 15.4 Å². The average Bonchev–Trinajstić information content (AvgIpc) is 2.49. The third-order valence-electron chi connectivity index (χ3n) is 2.69. The van der Waals surface area contributed by atoms with E-state index in [1.54, 1.807) is 23.9 Å². The number of nitrogens with one attached hydrogen (secondary N) is 2. The molecule has 2 aromatic rings. The quantitative estimate of drug-likeness (QED) is 0.602. The van der Waals surface area contributed by atoms with Gasteiger partial charge in [0.15, 0.2) is 5.11 Å². The van der Waals surface area contributed by atoms with Gasteiger partial charge in [0.25, 0.3) is 0 Å². The number of hydrogen-bond donors (Lipinski definition) is 2. The smallest absolute Gasteiger partial charge is 0.387 e. The molecule has 0 spiro atoms. The molecule has 0 saturated heterocycles. The number of para-hydroxylation sites is 1. The summed E-state index contributed by atoms with van der Waals surface area (Å²) in [5.74, 6) is 0.104. The van der Waals surface area contributed by atoms with Crippen LogP contribution in [0.1, 0.15) is 0 Å². The Bertz CT molecular complexity index is 636. The first-order valence-electron chi connectivity index (χ1n) is 6.34. The molecule has 0 saturated carbocycles. The Morgan fingerprint density at radius 3 is 2.41 bits per heavy atom. The van der Waals surface area contributed by atoms with Crippen molar-refractivity contribution in [1.82, 2.24) is 0 Å². The number of ether oxygens (including phenoxy) is 1. The summed E-state index contributed by atoms with van der Waals surface area (Å²) in [6.45, 7) is -2.83. The number of rotatable bonds is 5. The molecule has 2 rings (SSSR count). The second-order valence-electron chi connectivity index (χ2n) is 4.18. The van der Waals surface area contributed by atoms with Crippen molar-refractivity contribution >= 4 is 40.5 Å². The fraction of sp³-hybridized carbons (Fsp3) is 0.133. The van der Waals surface area contributed by atoms with Crippen molar-refractivity contribution in [2.24, 2.45) is 0 Å². The molecule has 0 fully saturated rings. The highest BCUT2D eigenvalue weighted by atomic mass is 32.2. The van der Waals surface area contributed by atoms with Gasteiger partial charge in [-0.25, -0.2) is 0 Å². The van der Waals surface area contributed by atoms with Crippen LogP contribution in [0.5, 0.6) is 5.75 Å². The first kappa shape index (κ1) is 16.5. The van der Waals surface area contributed by atoms with E-state index in [0.29, 0.717) is 10.8 Å². The normalized spacial score (nSPS) is 10.4. The predicted octanol–water partition coefficient (Wildman–Crippen LogP) is 4.82. The van der Waals surface area contributed by atoms with E-state index in [2.05, 4.69) is 15.4 Å². The maximum atomic E-state index is 12.1. The molecule has 2 N–H and O–H groups in total. The lowest BCUT2D eigenvalue weighted by Gasteiger charge is -2.13. The van der Waals surface area contributed by atoms with Crippen LogP contribution in [0, 0.1) is 0 Å². The maximum Gasteiger partial charge on any atom is 0.387 e. The van der Waals surface area contributed by atoms with Crippen LogP contribution in [0.4, 0.5) is 20.2 Å². The van der Waals surface area contributed by atoms with Crippen molar-refractivity contribution in [3.8, 4) is 5.75 Å². The molecule has 2 aromatic carbocycles. The molecule has 0 amide bonds. The van der Waals surface area contributed by atoms with Crippen LogP contribution in [0.2, 0.25) is 0 Å². The van der Waals surface area contributed by atoms with E-state index in [4.69, 9.17) is 12.2 Å². The summed E-state index contributed by atoms with van der Waals surface area (Å²) in [5, 5.41) is 6.52. The van der Waals surface area contributed by atoms with Gasteiger partial charge in [0.2, 0.25) is 0 Å². The van der Waals surface area contributed by atoms with E-state index < -0.39 is 6.61 Å². The third kappa shape index (κ3) is 4.85. The van der Waals surface area contributed by atoms with Crippen LogP contribution in [-0.2, 0) is 0 Å². The molecule has 116 valence electrons. The monoisotopic (exact) mass is 340 g/mol. The Labute approximate surface area is 137 Å². The van der Waals surface area contributed by atoms with Gasteiger partial charge in [0.05, 0.1) is 5.69 Å². The second kappa shape index (κ2) is 7.95. The van der Waals surface area contributed by atoms with Crippen molar-refractivity contribution in [2.45, 2.75) is 11.5 Å². The first-order valence-corrected chi connectivity index (χ1v) is 7.97. The summed E-state index contributed by atoms with van der Waals surface area (Å²) in [7, 11) is 0. The van der Waals surface area contributed by atoms with E-state index in [1.165, 1.54) is 12.1 Å². The molecule has 0 unspecified atom stereocenters. The predicted molar refractivity (Wildman–Crippen MR) is 91.1 cm³/mol. The Kier molecular flexibility index (Phi) is 5.97. The lowest BCUT2D eigenvalue weighted by molar-refractivity contribution is -0.0498. The number of hydrogen-bond acceptors (Lipinski definition) is 3. The van der Waals surface area contributed by atoms with Gasteiger partial charge in [-0.2, -0.15) is 8.78 Å². The SMILES string of the molecule is CSc1ccccc1NC(=S)Nc1ccc(OC(F)F)cc1. The van der Waals surface area contributed by atoms with Gasteiger partial charge in [-0.3, -0.25) is 0 Å². The van der Waals surface area contributed by atoms with Crippen LogP contribution in [-0.4, -0.2) is 18.0 Å². The average molecular weight is 340 g/mol. The largest absolute Gasteiger partial charge is 0.435 e. The van der Waals surface area contributed by atoms with Crippen molar-refractivity contribution in [3.63, 3.8) is 0 Å². The molecule has 3 nitrogen and oxygen atoms in total. The standard InChI is InChI=1S/C15H14F2N2OS2/c1-22-13-5-3-2-4-12(13)19-15(21)18-10-6-8-11(9-7-10)20-14(16)17/h2-9,14H,1H3,(H2,18,19,21). The Balaban J connectivity index is 1.97. The van der Waals surface area contributed by atoms with E-state index in [9.17, 15) is 8.78 Å². The molecule has 0 aliphatic carbocycles. The van der Waals surface area contributed by atoms with Gasteiger partial charge in [-0.1, -0.05) is 12.1 Å². The van der Waals surface area contributed by atoms with E-state index >= 15 is 0 Å². The lowest BCUT2D eigenvalue weighted by atomic mass is 10.3. The van der Waals surface area contributed by atoms with Crippen LogP contribution in [0.3, 0.4) is 0 Å². The summed E-state index contributed by atoms with van der Waals surface area (Å²) in [6.07, 6.45) is 1.98. The minimum Gasteiger partial charge on any atom is -0.435 e. The van der Waals surface area contributed by atoms with E-state index in [0.717, 1.165) is 10.6 Å². The van der Waals surface area contributed by atoms with Crippen molar-refractivity contribution in [2.75, 3.05) is 16.9 Å². The molecular weight excluding hydrogens is 326 g/mol. The highest BCUT2D eigenvalue weighted by Gasteiger charge is 2.05. The van der Waals surface area contributed by atoms with Gasteiger partial charge in [0.1, 0.15) is 5.75 Å². The molecule has 0 atom stereocenters. The molecule has 0 heterocycles. The van der Waals surface area contributed by atoms with Crippen LogP contribution in [0.15, 0.2) is 53.4 Å². The van der Waals surface area contributed by atoms with Gasteiger partial charge in [-0.05, 0) is 54.9 Å². The molecule has 22 heavy (non-hydrogen) atoms. The number of anilines is 2. The number of thiocarbonyl (C=S) groups is 1. The topological polar surface area (TPSA) is 33.3 Å². The Hall–Kier alpha value is -1.86. The molecule has 7 heteroatoms. The molecule has 0 aromatic heterocycles. The minimum atomic E-state index is -2.83. The van der Waals surface area contributed by atoms with Crippen LogP contribution >= 0.6 is 24.0 Å². The Morgan fingerprint density at radius 2 is 1.77 bits per heavy atom. The van der Waals surface area contributed by atoms with Crippen molar-refractivity contribution < 1.29 is 13.5 Å². The zero-order valence-corrected chi connectivity index (χ0v) is 13.3. The Morgan fingerprint density at radius 1 is 1.09 bits per heavy atom. The summed E-state index contributed by atoms with van der Waals surface area (Å²) in [6, 6.07) is 13.9. The molecule has 0 aliphatic rings. The first-order chi connectivity index (χ1) is 10.6. The van der Waals surface area contributed by atoms with E-state index in [-0.39, 0.29) is 5.75 Å². The summed E-state index contributed by atoms with van der Waals surface area (Å²) in [5.41, 5.74) is 1.59. The molecular formula is C15H14F2N2OS2. The van der Waals surface area contributed by atoms with E-state index in [1.807, 2.05) is 30.5 Å². The maximum absolute atomic E-state index is 12.1. The number of halogens is 2. The summed E-state index contributed by atoms with van der Waals surface area (Å²) < 4.78 is 28.4. The van der Waals surface area contributed by atoms with Crippen LogP contribution in [0.25, 0.3) is 0 Å². The minimum absolute atomic E-state index is 0.104. The zero-order chi connectivity index (χ0) is 15.9. The molecule has 0 aliphatic heterocycles. The van der Waals surface area contributed by atoms with Gasteiger partial charge >= 0.3 is 6.61 Å². The highest BCUT2D eigenvalue weighted by molar-refractivity contribution is 7.98. The number of thioether (sulfide) groups is 1. The fourth-order valence-corrected chi connectivity index (χ4v) is 2.53. The molecule has 0 radical (unpaired) electrons.